The number of aliphatic carboxylic acids is 1. The molecule has 5 heteroatoms. The van der Waals surface area contributed by atoms with Gasteiger partial charge in [0, 0.05) is 24.0 Å². The maximum Gasteiger partial charge on any atom is 0.311 e. The van der Waals surface area contributed by atoms with Crippen LogP contribution < -0.4 is 5.73 Å². The zero-order valence-corrected chi connectivity index (χ0v) is 10.5. The van der Waals surface area contributed by atoms with Gasteiger partial charge < -0.3 is 10.8 Å². The molecule has 0 aliphatic rings. The number of hydrogen-bond acceptors (Lipinski definition) is 4. The number of hydrogen-bond donors (Lipinski definition) is 2. The Kier molecular flexibility index (Phi) is 4.44. The van der Waals surface area contributed by atoms with Crippen LogP contribution in [0.3, 0.4) is 0 Å². The lowest BCUT2D eigenvalue weighted by atomic mass is 9.77. The highest BCUT2D eigenvalue weighted by Gasteiger charge is 2.38. The second-order valence-electron chi connectivity index (χ2n) is 4.53. The number of thiazole rings is 1. The van der Waals surface area contributed by atoms with Gasteiger partial charge in [-0.1, -0.05) is 13.8 Å². The van der Waals surface area contributed by atoms with Crippen molar-refractivity contribution in [2.75, 3.05) is 6.54 Å². The predicted octanol–water partition coefficient (Wildman–Crippen LogP) is 1.76. The molecule has 1 heterocycles. The van der Waals surface area contributed by atoms with E-state index in [0.717, 1.165) is 4.88 Å². The summed E-state index contributed by atoms with van der Waals surface area (Å²) < 4.78 is 0. The third-order valence-corrected chi connectivity index (χ3v) is 3.42. The Morgan fingerprint density at radius 1 is 1.69 bits per heavy atom. The van der Waals surface area contributed by atoms with Gasteiger partial charge in [-0.2, -0.15) is 0 Å². The van der Waals surface area contributed by atoms with Gasteiger partial charge in [-0.25, -0.2) is 0 Å². The summed E-state index contributed by atoms with van der Waals surface area (Å²) in [7, 11) is 0. The second-order valence-corrected chi connectivity index (χ2v) is 5.50. The predicted molar refractivity (Wildman–Crippen MR) is 64.4 cm³/mol. The fourth-order valence-corrected chi connectivity index (χ4v) is 2.66. The standard InChI is InChI=1S/C11H18N2O2S/c1-8(2)3-11(6-12,10(14)15)4-9-5-13-7-16-9/h5,7-8H,3-4,6,12H2,1-2H3,(H,14,15). The number of carboxylic acids is 1. The van der Waals surface area contributed by atoms with Gasteiger partial charge in [0.25, 0.3) is 0 Å². The fourth-order valence-electron chi connectivity index (χ4n) is 1.92. The highest BCUT2D eigenvalue weighted by atomic mass is 32.1. The molecule has 0 aromatic carbocycles. The van der Waals surface area contributed by atoms with Crippen molar-refractivity contribution < 1.29 is 9.90 Å². The number of nitrogens with two attached hydrogens (primary N) is 1. The van der Waals surface area contributed by atoms with E-state index in [1.54, 1.807) is 11.7 Å². The first-order valence-electron chi connectivity index (χ1n) is 5.31. The second kappa shape index (κ2) is 5.41. The summed E-state index contributed by atoms with van der Waals surface area (Å²) in [5, 5.41) is 9.38. The van der Waals surface area contributed by atoms with Gasteiger partial charge in [-0.05, 0) is 12.3 Å². The summed E-state index contributed by atoms with van der Waals surface area (Å²) in [5.41, 5.74) is 6.55. The van der Waals surface area contributed by atoms with Gasteiger partial charge >= 0.3 is 5.97 Å². The molecular formula is C11H18N2O2S. The van der Waals surface area contributed by atoms with Crippen molar-refractivity contribution in [1.82, 2.24) is 4.98 Å². The molecule has 1 rings (SSSR count). The minimum Gasteiger partial charge on any atom is -0.481 e. The van der Waals surface area contributed by atoms with Crippen molar-refractivity contribution >= 4 is 17.3 Å². The highest BCUT2D eigenvalue weighted by molar-refractivity contribution is 7.09. The minimum absolute atomic E-state index is 0.165. The van der Waals surface area contributed by atoms with Gasteiger partial charge in [0.05, 0.1) is 10.9 Å². The number of nitrogens with zero attached hydrogens (tertiary/aromatic N) is 1. The number of carboxylic acid groups (broad SMARTS) is 1. The summed E-state index contributed by atoms with van der Waals surface area (Å²) in [5.74, 6) is -0.496. The molecule has 4 nitrogen and oxygen atoms in total. The zero-order valence-electron chi connectivity index (χ0n) is 9.64. The summed E-state index contributed by atoms with van der Waals surface area (Å²) >= 11 is 1.48. The lowest BCUT2D eigenvalue weighted by molar-refractivity contribution is -0.149. The van der Waals surface area contributed by atoms with Gasteiger partial charge in [-0.3, -0.25) is 9.78 Å². The molecule has 0 radical (unpaired) electrons. The zero-order chi connectivity index (χ0) is 12.2. The van der Waals surface area contributed by atoms with E-state index in [9.17, 15) is 9.90 Å². The van der Waals surface area contributed by atoms with E-state index in [1.165, 1.54) is 11.3 Å². The van der Waals surface area contributed by atoms with E-state index in [-0.39, 0.29) is 6.54 Å². The van der Waals surface area contributed by atoms with Gasteiger partial charge in [0.2, 0.25) is 0 Å². The SMILES string of the molecule is CC(C)CC(CN)(Cc1cncs1)C(=O)O. The van der Waals surface area contributed by atoms with E-state index in [2.05, 4.69) is 4.98 Å². The van der Waals surface area contributed by atoms with E-state index in [4.69, 9.17) is 5.73 Å². The first-order valence-corrected chi connectivity index (χ1v) is 6.19. The molecule has 0 saturated heterocycles. The Bertz CT molecular complexity index is 338. The van der Waals surface area contributed by atoms with Crippen LogP contribution in [0, 0.1) is 11.3 Å². The van der Waals surface area contributed by atoms with Crippen molar-refractivity contribution in [3.05, 3.63) is 16.6 Å². The van der Waals surface area contributed by atoms with Crippen LogP contribution >= 0.6 is 11.3 Å². The average Bonchev–Trinajstić information content (AvgIpc) is 2.68. The third-order valence-electron chi connectivity index (χ3n) is 2.64. The van der Waals surface area contributed by atoms with Crippen LogP contribution in [-0.2, 0) is 11.2 Å². The average molecular weight is 242 g/mol. The van der Waals surface area contributed by atoms with E-state index in [0.29, 0.717) is 18.8 Å². The quantitative estimate of drug-likeness (QED) is 0.797. The van der Waals surface area contributed by atoms with Gasteiger partial charge in [-0.15, -0.1) is 11.3 Å². The van der Waals surface area contributed by atoms with E-state index < -0.39 is 11.4 Å². The molecule has 1 aromatic heterocycles. The van der Waals surface area contributed by atoms with Crippen LogP contribution in [0.1, 0.15) is 25.1 Å². The Labute approximate surface area is 99.5 Å². The van der Waals surface area contributed by atoms with E-state index >= 15 is 0 Å². The molecule has 1 atom stereocenters. The smallest absolute Gasteiger partial charge is 0.311 e. The molecule has 0 fully saturated rings. The number of carbonyl (C=O) groups is 1. The Morgan fingerprint density at radius 2 is 2.38 bits per heavy atom. The molecule has 90 valence electrons. The molecule has 16 heavy (non-hydrogen) atoms. The summed E-state index contributed by atoms with van der Waals surface area (Å²) in [6, 6.07) is 0. The molecule has 1 aromatic rings. The monoisotopic (exact) mass is 242 g/mol. The van der Waals surface area contributed by atoms with Gasteiger partial charge in [0.1, 0.15) is 0 Å². The molecule has 1 unspecified atom stereocenters. The maximum absolute atomic E-state index is 11.4. The number of rotatable bonds is 6. The topological polar surface area (TPSA) is 76.2 Å². The van der Waals surface area contributed by atoms with Crippen molar-refractivity contribution in [3.63, 3.8) is 0 Å². The number of aromatic nitrogens is 1. The first-order chi connectivity index (χ1) is 7.50. The molecule has 0 saturated carbocycles. The third kappa shape index (κ3) is 3.02. The molecule has 0 aliphatic carbocycles. The van der Waals surface area contributed by atoms with Crippen molar-refractivity contribution in [3.8, 4) is 0 Å². The lowest BCUT2D eigenvalue weighted by Gasteiger charge is -2.29. The van der Waals surface area contributed by atoms with Crippen LogP contribution in [0.4, 0.5) is 0 Å². The van der Waals surface area contributed by atoms with Crippen molar-refractivity contribution in [1.29, 1.82) is 0 Å². The first kappa shape index (κ1) is 13.1. The van der Waals surface area contributed by atoms with Crippen LogP contribution in [0.5, 0.6) is 0 Å². The largest absolute Gasteiger partial charge is 0.481 e. The van der Waals surface area contributed by atoms with Gasteiger partial charge in [0.15, 0.2) is 0 Å². The Balaban J connectivity index is 2.89. The fraction of sp³-hybridized carbons (Fsp3) is 0.636. The minimum atomic E-state index is -0.847. The molecular weight excluding hydrogens is 224 g/mol. The Morgan fingerprint density at radius 3 is 2.75 bits per heavy atom. The summed E-state index contributed by atoms with van der Waals surface area (Å²) in [6.07, 6.45) is 2.79. The molecule has 0 spiro atoms. The van der Waals surface area contributed by atoms with Crippen LogP contribution in [0.15, 0.2) is 11.7 Å². The summed E-state index contributed by atoms with van der Waals surface area (Å²) in [4.78, 5) is 16.4. The van der Waals surface area contributed by atoms with Crippen LogP contribution in [0.25, 0.3) is 0 Å². The van der Waals surface area contributed by atoms with Crippen LogP contribution in [0.2, 0.25) is 0 Å². The van der Waals surface area contributed by atoms with Crippen LogP contribution in [-0.4, -0.2) is 22.6 Å². The molecule has 3 N–H and O–H groups in total. The maximum atomic E-state index is 11.4. The molecule has 0 aliphatic heterocycles. The summed E-state index contributed by atoms with van der Waals surface area (Å²) in [6.45, 7) is 4.19. The van der Waals surface area contributed by atoms with E-state index in [1.807, 2.05) is 13.8 Å². The highest BCUT2D eigenvalue weighted by Crippen LogP contribution is 2.31. The van der Waals surface area contributed by atoms with Crippen molar-refractivity contribution in [2.45, 2.75) is 26.7 Å². The molecule has 0 amide bonds. The van der Waals surface area contributed by atoms with Crippen molar-refractivity contribution in [2.24, 2.45) is 17.1 Å². The Hall–Kier alpha value is -0.940. The lowest BCUT2D eigenvalue weighted by Crippen LogP contribution is -2.41. The molecule has 0 bridgehead atoms. The normalized spacial score (nSPS) is 15.0.